The number of nitrogens with zero attached hydrogens (tertiary/aromatic N) is 1. The first-order valence-corrected chi connectivity index (χ1v) is 6.53. The Bertz CT molecular complexity index is 454. The second-order valence-electron chi connectivity index (χ2n) is 6.17. The first-order valence-electron chi connectivity index (χ1n) is 6.53. The van der Waals surface area contributed by atoms with Crippen LogP contribution in [0.2, 0.25) is 0 Å². The average Bonchev–Trinajstić information content (AvgIpc) is 2.62. The van der Waals surface area contributed by atoms with Gasteiger partial charge in [0, 0.05) is 24.3 Å². The van der Waals surface area contributed by atoms with Crippen molar-refractivity contribution in [1.82, 2.24) is 0 Å². The lowest BCUT2D eigenvalue weighted by Crippen LogP contribution is -2.24. The summed E-state index contributed by atoms with van der Waals surface area (Å²) < 4.78 is 13.6. The van der Waals surface area contributed by atoms with Crippen molar-refractivity contribution >= 4 is 5.69 Å². The van der Waals surface area contributed by atoms with Gasteiger partial charge in [0.2, 0.25) is 0 Å². The molecule has 1 N–H and O–H groups in total. The van der Waals surface area contributed by atoms with Gasteiger partial charge in [-0.25, -0.2) is 4.39 Å². The molecular weight excluding hydrogens is 229 g/mol. The summed E-state index contributed by atoms with van der Waals surface area (Å²) in [6, 6.07) is 3.33. The van der Waals surface area contributed by atoms with E-state index in [-0.39, 0.29) is 11.2 Å². The third-order valence-corrected chi connectivity index (χ3v) is 3.78. The Kier molecular flexibility index (Phi) is 3.37. The van der Waals surface area contributed by atoms with Crippen molar-refractivity contribution in [3.8, 4) is 0 Å². The SMILES string of the molecule is Cc1cc(N2CCC(C)(C)C2)c([C@@H](C)O)cc1F. The Morgan fingerprint density at radius 3 is 2.56 bits per heavy atom. The molecule has 2 nitrogen and oxygen atoms in total. The first kappa shape index (κ1) is 13.3. The summed E-state index contributed by atoms with van der Waals surface area (Å²) in [6.07, 6.45) is 0.488. The highest BCUT2D eigenvalue weighted by atomic mass is 19.1. The predicted molar refractivity (Wildman–Crippen MR) is 72.4 cm³/mol. The first-order chi connectivity index (χ1) is 8.30. The van der Waals surface area contributed by atoms with Gasteiger partial charge < -0.3 is 10.0 Å². The molecule has 0 spiro atoms. The molecule has 0 amide bonds. The second-order valence-corrected chi connectivity index (χ2v) is 6.17. The zero-order valence-corrected chi connectivity index (χ0v) is 11.6. The molecule has 2 rings (SSSR count). The standard InChI is InChI=1S/C15H22FNO/c1-10-7-14(12(11(2)18)8-13(10)16)17-6-5-15(3,4)9-17/h7-8,11,18H,5-6,9H2,1-4H3/t11-/m1/s1. The fourth-order valence-electron chi connectivity index (χ4n) is 2.61. The lowest BCUT2D eigenvalue weighted by Gasteiger charge is -2.25. The maximum atomic E-state index is 13.6. The van der Waals surface area contributed by atoms with E-state index in [1.807, 2.05) is 6.07 Å². The molecule has 1 heterocycles. The number of aliphatic hydroxyl groups excluding tert-OH is 1. The van der Waals surface area contributed by atoms with Crippen LogP contribution in [0.3, 0.4) is 0 Å². The molecule has 0 radical (unpaired) electrons. The molecule has 3 heteroatoms. The Labute approximate surface area is 108 Å². The van der Waals surface area contributed by atoms with Gasteiger partial charge in [0.1, 0.15) is 5.82 Å². The number of aliphatic hydroxyl groups is 1. The summed E-state index contributed by atoms with van der Waals surface area (Å²) in [5, 5.41) is 9.82. The van der Waals surface area contributed by atoms with E-state index in [4.69, 9.17) is 0 Å². The van der Waals surface area contributed by atoms with Crippen LogP contribution in [0.5, 0.6) is 0 Å². The van der Waals surface area contributed by atoms with E-state index in [9.17, 15) is 9.50 Å². The minimum atomic E-state index is -0.640. The zero-order chi connectivity index (χ0) is 13.5. The minimum Gasteiger partial charge on any atom is -0.389 e. The van der Waals surface area contributed by atoms with Gasteiger partial charge in [0.05, 0.1) is 6.10 Å². The molecule has 1 aliphatic rings. The molecule has 1 atom stereocenters. The monoisotopic (exact) mass is 251 g/mol. The van der Waals surface area contributed by atoms with Gasteiger partial charge in [-0.1, -0.05) is 13.8 Å². The maximum absolute atomic E-state index is 13.6. The van der Waals surface area contributed by atoms with Crippen molar-refractivity contribution in [2.45, 2.75) is 40.2 Å². The molecule has 1 fully saturated rings. The fourth-order valence-corrected chi connectivity index (χ4v) is 2.61. The highest BCUT2D eigenvalue weighted by Crippen LogP contribution is 2.36. The zero-order valence-electron chi connectivity index (χ0n) is 11.6. The largest absolute Gasteiger partial charge is 0.389 e. The van der Waals surface area contributed by atoms with Crippen LogP contribution < -0.4 is 4.90 Å². The highest BCUT2D eigenvalue weighted by molar-refractivity contribution is 5.57. The van der Waals surface area contributed by atoms with Crippen molar-refractivity contribution in [3.05, 3.63) is 29.1 Å². The summed E-state index contributed by atoms with van der Waals surface area (Å²) in [5.74, 6) is -0.242. The number of hydrogen-bond donors (Lipinski definition) is 1. The van der Waals surface area contributed by atoms with Crippen molar-refractivity contribution in [2.75, 3.05) is 18.0 Å². The van der Waals surface area contributed by atoms with E-state index >= 15 is 0 Å². The fraction of sp³-hybridized carbons (Fsp3) is 0.600. The highest BCUT2D eigenvalue weighted by Gasteiger charge is 2.31. The summed E-state index contributed by atoms with van der Waals surface area (Å²) in [6.45, 7) is 9.87. The van der Waals surface area contributed by atoms with Crippen molar-refractivity contribution in [1.29, 1.82) is 0 Å². The summed E-state index contributed by atoms with van der Waals surface area (Å²) >= 11 is 0. The molecule has 1 aliphatic heterocycles. The number of hydrogen-bond acceptors (Lipinski definition) is 2. The predicted octanol–water partition coefficient (Wildman–Crippen LogP) is 3.42. The Balaban J connectivity index is 2.41. The molecule has 1 saturated heterocycles. The van der Waals surface area contributed by atoms with Gasteiger partial charge >= 0.3 is 0 Å². The third kappa shape index (κ3) is 2.51. The van der Waals surface area contributed by atoms with Gasteiger partial charge in [-0.15, -0.1) is 0 Å². The topological polar surface area (TPSA) is 23.5 Å². The van der Waals surface area contributed by atoms with E-state index < -0.39 is 6.10 Å². The summed E-state index contributed by atoms with van der Waals surface area (Å²) in [7, 11) is 0. The van der Waals surface area contributed by atoms with Gasteiger partial charge in [-0.05, 0) is 43.4 Å². The quantitative estimate of drug-likeness (QED) is 0.870. The van der Waals surface area contributed by atoms with E-state index in [1.54, 1.807) is 13.8 Å². The van der Waals surface area contributed by atoms with Crippen molar-refractivity contribution in [2.24, 2.45) is 5.41 Å². The van der Waals surface area contributed by atoms with Crippen LogP contribution in [-0.4, -0.2) is 18.2 Å². The van der Waals surface area contributed by atoms with E-state index in [2.05, 4.69) is 18.7 Å². The number of aryl methyl sites for hydroxylation is 1. The average molecular weight is 251 g/mol. The maximum Gasteiger partial charge on any atom is 0.126 e. The molecule has 0 unspecified atom stereocenters. The van der Waals surface area contributed by atoms with E-state index in [0.717, 1.165) is 25.2 Å². The van der Waals surface area contributed by atoms with Gasteiger partial charge in [-0.2, -0.15) is 0 Å². The molecule has 100 valence electrons. The van der Waals surface area contributed by atoms with Crippen molar-refractivity contribution in [3.63, 3.8) is 0 Å². The number of anilines is 1. The van der Waals surface area contributed by atoms with Crippen LogP contribution in [0.25, 0.3) is 0 Å². The molecule has 0 aromatic heterocycles. The van der Waals surface area contributed by atoms with E-state index in [1.165, 1.54) is 6.07 Å². The van der Waals surface area contributed by atoms with Crippen LogP contribution >= 0.6 is 0 Å². The Morgan fingerprint density at radius 1 is 1.39 bits per heavy atom. The molecule has 1 aromatic rings. The minimum absolute atomic E-state index is 0.242. The van der Waals surface area contributed by atoms with Crippen LogP contribution in [0.15, 0.2) is 12.1 Å². The number of benzene rings is 1. The van der Waals surface area contributed by atoms with Gasteiger partial charge in [-0.3, -0.25) is 0 Å². The number of halogens is 1. The van der Waals surface area contributed by atoms with E-state index in [0.29, 0.717) is 11.1 Å². The lowest BCUT2D eigenvalue weighted by atomic mass is 9.93. The normalized spacial score (nSPS) is 20.2. The van der Waals surface area contributed by atoms with Crippen LogP contribution in [-0.2, 0) is 0 Å². The van der Waals surface area contributed by atoms with Crippen molar-refractivity contribution < 1.29 is 9.50 Å². The number of rotatable bonds is 2. The Morgan fingerprint density at radius 2 is 2.06 bits per heavy atom. The summed E-state index contributed by atoms with van der Waals surface area (Å²) in [4.78, 5) is 2.26. The molecule has 18 heavy (non-hydrogen) atoms. The molecule has 0 bridgehead atoms. The second kappa shape index (κ2) is 4.54. The van der Waals surface area contributed by atoms with Gasteiger partial charge in [0.25, 0.3) is 0 Å². The van der Waals surface area contributed by atoms with Crippen LogP contribution in [0.4, 0.5) is 10.1 Å². The summed E-state index contributed by atoms with van der Waals surface area (Å²) in [5.41, 5.74) is 2.60. The van der Waals surface area contributed by atoms with Crippen LogP contribution in [0.1, 0.15) is 44.4 Å². The lowest BCUT2D eigenvalue weighted by molar-refractivity contribution is 0.199. The van der Waals surface area contributed by atoms with Crippen LogP contribution in [0, 0.1) is 18.2 Å². The third-order valence-electron chi connectivity index (χ3n) is 3.78. The molecule has 1 aromatic carbocycles. The Hall–Kier alpha value is -1.09. The molecule has 0 aliphatic carbocycles. The molecule has 0 saturated carbocycles. The molecular formula is C15H22FNO. The van der Waals surface area contributed by atoms with Gasteiger partial charge in [0.15, 0.2) is 0 Å². The smallest absolute Gasteiger partial charge is 0.126 e.